The van der Waals surface area contributed by atoms with Crippen molar-refractivity contribution in [2.75, 3.05) is 0 Å². The molecule has 3 nitrogen and oxygen atoms in total. The number of aromatic hydroxyl groups is 1. The van der Waals surface area contributed by atoms with Crippen LogP contribution in [0.4, 0.5) is 0 Å². The Bertz CT molecular complexity index is 445. The van der Waals surface area contributed by atoms with Crippen LogP contribution in [0.15, 0.2) is 35.4 Å². The van der Waals surface area contributed by atoms with Gasteiger partial charge in [-0.2, -0.15) is 0 Å². The molecular weight excluding hydrogens is 186 g/mol. The van der Waals surface area contributed by atoms with Crippen LogP contribution in [0.1, 0.15) is 0 Å². The summed E-state index contributed by atoms with van der Waals surface area (Å²) in [6.07, 6.45) is 1.61. The molecule has 13 heavy (non-hydrogen) atoms. The van der Waals surface area contributed by atoms with E-state index in [2.05, 4.69) is 4.98 Å². The highest BCUT2D eigenvalue weighted by Crippen LogP contribution is 2.32. The van der Waals surface area contributed by atoms with Crippen LogP contribution in [0.3, 0.4) is 0 Å². The molecular formula is C9H7NO2S. The molecule has 0 aliphatic heterocycles. The van der Waals surface area contributed by atoms with Crippen molar-refractivity contribution in [3.05, 3.63) is 30.5 Å². The van der Waals surface area contributed by atoms with E-state index in [4.69, 9.17) is 4.55 Å². The van der Waals surface area contributed by atoms with Gasteiger partial charge in [0.05, 0.1) is 4.90 Å². The fraction of sp³-hybridized carbons (Fsp3) is 0. The Morgan fingerprint density at radius 1 is 1.23 bits per heavy atom. The Morgan fingerprint density at radius 3 is 2.85 bits per heavy atom. The van der Waals surface area contributed by atoms with Gasteiger partial charge in [-0.3, -0.25) is 4.98 Å². The van der Waals surface area contributed by atoms with Crippen LogP contribution < -0.4 is 0 Å². The average molecular weight is 193 g/mol. The Morgan fingerprint density at radius 2 is 2.08 bits per heavy atom. The van der Waals surface area contributed by atoms with Gasteiger partial charge in [0.2, 0.25) is 0 Å². The van der Waals surface area contributed by atoms with Gasteiger partial charge in [0.15, 0.2) is 5.75 Å². The standard InChI is InChI=1S/C9H7NO2S/c11-9-7(13-12)4-3-6-2-1-5-10-8(6)9/h1-5,11-12H. The average Bonchev–Trinajstić information content (AvgIpc) is 2.19. The molecule has 2 N–H and O–H groups in total. The summed E-state index contributed by atoms with van der Waals surface area (Å²) in [5.74, 6) is 0.0330. The zero-order valence-corrected chi connectivity index (χ0v) is 7.45. The lowest BCUT2D eigenvalue weighted by Gasteiger charge is -2.02. The van der Waals surface area contributed by atoms with Crippen molar-refractivity contribution >= 4 is 22.9 Å². The van der Waals surface area contributed by atoms with E-state index in [1.165, 1.54) is 0 Å². The van der Waals surface area contributed by atoms with Crippen molar-refractivity contribution in [1.29, 1.82) is 0 Å². The van der Waals surface area contributed by atoms with Gasteiger partial charge in [-0.05, 0) is 12.1 Å². The largest absolute Gasteiger partial charge is 0.504 e. The Balaban J connectivity index is 2.79. The van der Waals surface area contributed by atoms with E-state index in [0.717, 1.165) is 5.39 Å². The molecule has 0 radical (unpaired) electrons. The summed E-state index contributed by atoms with van der Waals surface area (Å²) >= 11 is 0.520. The minimum atomic E-state index is 0.0330. The number of fused-ring (bicyclic) bond motifs is 1. The summed E-state index contributed by atoms with van der Waals surface area (Å²) in [6.45, 7) is 0. The summed E-state index contributed by atoms with van der Waals surface area (Å²) in [4.78, 5) is 4.44. The number of pyridine rings is 1. The molecule has 0 bridgehead atoms. The van der Waals surface area contributed by atoms with Gasteiger partial charge >= 0.3 is 0 Å². The third-order valence-corrected chi connectivity index (χ3v) is 2.34. The van der Waals surface area contributed by atoms with Gasteiger partial charge in [-0.25, -0.2) is 0 Å². The molecule has 0 atom stereocenters. The first-order chi connectivity index (χ1) is 6.33. The maximum absolute atomic E-state index is 9.61. The zero-order valence-electron chi connectivity index (χ0n) is 6.64. The monoisotopic (exact) mass is 193 g/mol. The van der Waals surface area contributed by atoms with Gasteiger partial charge < -0.3 is 9.66 Å². The van der Waals surface area contributed by atoms with Crippen LogP contribution in [0.25, 0.3) is 10.9 Å². The molecule has 0 saturated heterocycles. The highest BCUT2D eigenvalue weighted by molar-refractivity contribution is 7.93. The van der Waals surface area contributed by atoms with Crippen LogP contribution >= 0.6 is 12.0 Å². The summed E-state index contributed by atoms with van der Waals surface area (Å²) in [7, 11) is 0. The van der Waals surface area contributed by atoms with E-state index in [1.54, 1.807) is 24.4 Å². The molecule has 2 rings (SSSR count). The number of hydrogen-bond acceptors (Lipinski definition) is 4. The number of rotatable bonds is 1. The number of phenolic OH excluding ortho intramolecular Hbond substituents is 1. The molecule has 0 saturated carbocycles. The van der Waals surface area contributed by atoms with Crippen LogP contribution in [-0.4, -0.2) is 14.6 Å². The Hall–Kier alpha value is -1.26. The molecule has 1 aromatic carbocycles. The lowest BCUT2D eigenvalue weighted by molar-refractivity contribution is 0.466. The van der Waals surface area contributed by atoms with E-state index in [-0.39, 0.29) is 5.75 Å². The second-order valence-corrected chi connectivity index (χ2v) is 3.20. The van der Waals surface area contributed by atoms with Crippen molar-refractivity contribution in [2.24, 2.45) is 0 Å². The first-order valence-corrected chi connectivity index (χ1v) is 4.48. The number of phenols is 1. The topological polar surface area (TPSA) is 53.4 Å². The lowest BCUT2D eigenvalue weighted by Crippen LogP contribution is -1.80. The maximum Gasteiger partial charge on any atom is 0.157 e. The van der Waals surface area contributed by atoms with Crippen molar-refractivity contribution in [2.45, 2.75) is 4.90 Å². The molecule has 2 aromatic rings. The normalized spacial score (nSPS) is 10.5. The second-order valence-electron chi connectivity index (χ2n) is 2.58. The van der Waals surface area contributed by atoms with Gasteiger partial charge in [-0.1, -0.05) is 12.1 Å². The van der Waals surface area contributed by atoms with Gasteiger partial charge in [0.1, 0.15) is 5.52 Å². The Kier molecular flexibility index (Phi) is 2.08. The number of aromatic nitrogens is 1. The third kappa shape index (κ3) is 1.34. The van der Waals surface area contributed by atoms with Crippen LogP contribution in [-0.2, 0) is 0 Å². The number of nitrogens with zero attached hydrogens (tertiary/aromatic N) is 1. The third-order valence-electron chi connectivity index (χ3n) is 1.81. The molecule has 4 heteroatoms. The maximum atomic E-state index is 9.61. The van der Waals surface area contributed by atoms with E-state index < -0.39 is 0 Å². The molecule has 1 aromatic heterocycles. The molecule has 0 aliphatic rings. The van der Waals surface area contributed by atoms with Gasteiger partial charge in [-0.15, -0.1) is 0 Å². The second kappa shape index (κ2) is 3.24. The van der Waals surface area contributed by atoms with Crippen molar-refractivity contribution in [1.82, 2.24) is 4.98 Å². The smallest absolute Gasteiger partial charge is 0.157 e. The zero-order chi connectivity index (χ0) is 9.26. The quantitative estimate of drug-likeness (QED) is 0.683. The minimum absolute atomic E-state index is 0.0330. The summed E-state index contributed by atoms with van der Waals surface area (Å²) in [6, 6.07) is 7.12. The predicted octanol–water partition coefficient (Wildman–Crippen LogP) is 2.51. The molecule has 0 fully saturated rings. The van der Waals surface area contributed by atoms with Crippen molar-refractivity contribution in [3.8, 4) is 5.75 Å². The van der Waals surface area contributed by atoms with E-state index in [0.29, 0.717) is 22.5 Å². The predicted molar refractivity (Wildman–Crippen MR) is 51.9 cm³/mol. The van der Waals surface area contributed by atoms with Crippen molar-refractivity contribution < 1.29 is 9.66 Å². The number of hydrogen-bond donors (Lipinski definition) is 2. The van der Waals surface area contributed by atoms with Crippen LogP contribution in [0, 0.1) is 0 Å². The SMILES string of the molecule is OSc1ccc2cccnc2c1O. The highest BCUT2D eigenvalue weighted by atomic mass is 32.2. The Labute approximate surface area is 79.3 Å². The summed E-state index contributed by atoms with van der Waals surface area (Å²) < 4.78 is 8.81. The fourth-order valence-corrected chi connectivity index (χ4v) is 1.50. The number of benzene rings is 1. The molecule has 0 aliphatic carbocycles. The first-order valence-electron chi connectivity index (χ1n) is 3.71. The molecule has 0 unspecified atom stereocenters. The fourth-order valence-electron chi connectivity index (χ4n) is 1.18. The minimum Gasteiger partial charge on any atom is -0.504 e. The van der Waals surface area contributed by atoms with Crippen LogP contribution in [0.5, 0.6) is 5.75 Å². The lowest BCUT2D eigenvalue weighted by atomic mass is 10.2. The van der Waals surface area contributed by atoms with Gasteiger partial charge in [0.25, 0.3) is 0 Å². The van der Waals surface area contributed by atoms with E-state index >= 15 is 0 Å². The molecule has 0 spiro atoms. The molecule has 1 heterocycles. The van der Waals surface area contributed by atoms with Crippen LogP contribution in [0.2, 0.25) is 0 Å². The van der Waals surface area contributed by atoms with Gasteiger partial charge in [0, 0.05) is 23.6 Å². The summed E-state index contributed by atoms with van der Waals surface area (Å²) in [5, 5.41) is 10.5. The van der Waals surface area contributed by atoms with E-state index in [9.17, 15) is 5.11 Å². The molecule has 0 amide bonds. The van der Waals surface area contributed by atoms with Crippen molar-refractivity contribution in [3.63, 3.8) is 0 Å². The van der Waals surface area contributed by atoms with E-state index in [1.807, 2.05) is 6.07 Å². The highest BCUT2D eigenvalue weighted by Gasteiger charge is 2.06. The molecule has 66 valence electrons. The first kappa shape index (κ1) is 8.34. The summed E-state index contributed by atoms with van der Waals surface area (Å²) in [5.41, 5.74) is 0.515.